The first kappa shape index (κ1) is 66.4. The Morgan fingerprint density at radius 3 is 1.51 bits per heavy atom. The second-order valence-electron chi connectivity index (χ2n) is 28.1. The summed E-state index contributed by atoms with van der Waals surface area (Å²) in [4.78, 5) is 12.0. The molecule has 0 aromatic heterocycles. The number of epoxide rings is 1. The van der Waals surface area contributed by atoms with E-state index in [1.165, 1.54) is 250 Å². The van der Waals surface area contributed by atoms with Crippen molar-refractivity contribution in [3.05, 3.63) is 23.8 Å². The average Bonchev–Trinajstić information content (AvgIpc) is 4.16. The second kappa shape index (κ2) is 39.5. The minimum Gasteiger partial charge on any atom is -0.390 e. The minimum absolute atomic E-state index is 0.236. The Kier molecular flexibility index (Phi) is 32.8. The van der Waals surface area contributed by atoms with E-state index in [1.807, 2.05) is 6.92 Å². The largest absolute Gasteiger partial charge is 0.390 e. The van der Waals surface area contributed by atoms with E-state index in [2.05, 4.69) is 25.2 Å². The van der Waals surface area contributed by atoms with Gasteiger partial charge in [-0.2, -0.15) is 0 Å². The van der Waals surface area contributed by atoms with E-state index in [0.29, 0.717) is 42.4 Å². The SMILES string of the molecule is C/C1=C\CCCCCCCCC2COCC12.C1=CC2COCC2CCCCCCCC1.C1CCCCC2OC2C2COCC2CCC1.CC1(O)CCCCCCCCCC2COCC21.O=C1CCCCCCCCCC2COCC12. The summed E-state index contributed by atoms with van der Waals surface area (Å²) in [6.45, 7) is 13.5. The third-order valence-corrected chi connectivity index (χ3v) is 21.6. The third kappa shape index (κ3) is 24.7. The molecule has 13 unspecified atom stereocenters. The van der Waals surface area contributed by atoms with Gasteiger partial charge in [-0.1, -0.05) is 210 Å². The van der Waals surface area contributed by atoms with Crippen molar-refractivity contribution in [1.82, 2.24) is 0 Å². The molecule has 3 saturated carbocycles. The number of fused-ring (bicyclic) bond motifs is 7. The number of rotatable bonds is 0. The van der Waals surface area contributed by atoms with Crippen LogP contribution < -0.4 is 0 Å². The van der Waals surface area contributed by atoms with Crippen molar-refractivity contribution in [1.29, 1.82) is 0 Å². The molecule has 9 fully saturated rings. The predicted octanol–water partition coefficient (Wildman–Crippen LogP) is 18.3. The Morgan fingerprint density at radius 2 is 0.863 bits per heavy atom. The van der Waals surface area contributed by atoms with E-state index in [9.17, 15) is 9.90 Å². The summed E-state index contributed by atoms with van der Waals surface area (Å²) < 4.78 is 33.9. The monoisotopic (exact) mass is 1120 g/mol. The van der Waals surface area contributed by atoms with E-state index in [0.717, 1.165) is 114 Å². The van der Waals surface area contributed by atoms with Crippen LogP contribution in [0.1, 0.15) is 284 Å². The summed E-state index contributed by atoms with van der Waals surface area (Å²) in [6.07, 6.45) is 64.6. The van der Waals surface area contributed by atoms with E-state index in [4.69, 9.17) is 28.4 Å². The Balaban J connectivity index is 0.000000145. The summed E-state index contributed by atoms with van der Waals surface area (Å²) in [6, 6.07) is 0. The van der Waals surface area contributed by atoms with Crippen LogP contribution in [-0.4, -0.2) is 94.8 Å². The van der Waals surface area contributed by atoms with Crippen molar-refractivity contribution < 1.29 is 38.3 Å². The molecule has 462 valence electrons. The van der Waals surface area contributed by atoms with Crippen molar-refractivity contribution in [2.24, 2.45) is 59.2 Å². The van der Waals surface area contributed by atoms with Crippen molar-refractivity contribution >= 4 is 5.78 Å². The Morgan fingerprint density at radius 1 is 0.425 bits per heavy atom. The minimum atomic E-state index is -0.500. The highest BCUT2D eigenvalue weighted by atomic mass is 16.6. The van der Waals surface area contributed by atoms with Gasteiger partial charge in [-0.05, 0) is 120 Å². The van der Waals surface area contributed by atoms with Gasteiger partial charge in [0.2, 0.25) is 0 Å². The van der Waals surface area contributed by atoms with Crippen LogP contribution in [0.5, 0.6) is 0 Å². The molecule has 6 heterocycles. The molecule has 13 atom stereocenters. The lowest BCUT2D eigenvalue weighted by Gasteiger charge is -2.33. The quantitative estimate of drug-likeness (QED) is 0.189. The summed E-state index contributed by atoms with van der Waals surface area (Å²) in [5.74, 6) is 6.85. The molecular weight excluding hydrogens is 993 g/mol. The average molecular weight is 1120 g/mol. The maximum absolute atomic E-state index is 12.0. The molecule has 0 amide bonds. The number of ketones is 1. The Labute approximate surface area is 492 Å². The maximum Gasteiger partial charge on any atom is 0.138 e. The van der Waals surface area contributed by atoms with Crippen LogP contribution in [0.25, 0.3) is 0 Å². The van der Waals surface area contributed by atoms with Gasteiger partial charge in [-0.25, -0.2) is 0 Å². The number of carbonyl (C=O) groups excluding carboxylic acids is 1. The number of aliphatic hydroxyl groups is 1. The summed E-state index contributed by atoms with van der Waals surface area (Å²) in [5.41, 5.74) is 1.10. The zero-order chi connectivity index (χ0) is 55.7. The lowest BCUT2D eigenvalue weighted by atomic mass is 9.76. The summed E-state index contributed by atoms with van der Waals surface area (Å²) >= 11 is 0. The fourth-order valence-corrected chi connectivity index (χ4v) is 15.9. The number of Topliss-reactive ketones (excluding diaryl/α,β-unsaturated/α-hetero) is 1. The topological polar surface area (TPSA) is 96.0 Å². The maximum atomic E-state index is 12.0. The van der Waals surface area contributed by atoms with E-state index in [1.54, 1.807) is 5.57 Å². The fourth-order valence-electron chi connectivity index (χ4n) is 15.9. The Hall–Kier alpha value is -1.13. The smallest absolute Gasteiger partial charge is 0.138 e. The number of allylic oxidation sites excluding steroid dienone is 2. The van der Waals surface area contributed by atoms with Gasteiger partial charge < -0.3 is 33.5 Å². The van der Waals surface area contributed by atoms with E-state index >= 15 is 0 Å². The van der Waals surface area contributed by atoms with Crippen molar-refractivity contribution in [2.45, 2.75) is 301 Å². The molecule has 0 radical (unpaired) electrons. The normalized spacial score (nSPS) is 38.3. The van der Waals surface area contributed by atoms with Gasteiger partial charge in [0.1, 0.15) is 5.78 Å². The number of hydrogen-bond donors (Lipinski definition) is 1. The van der Waals surface area contributed by atoms with Crippen LogP contribution in [0.3, 0.4) is 0 Å². The molecule has 0 aromatic carbocycles. The summed E-state index contributed by atoms with van der Waals surface area (Å²) in [5, 5.41) is 10.6. The van der Waals surface area contributed by atoms with Gasteiger partial charge >= 0.3 is 0 Å². The molecular formula is C72H126O8. The molecule has 6 saturated heterocycles. The first-order valence-corrected chi connectivity index (χ1v) is 35.5. The lowest BCUT2D eigenvalue weighted by Crippen LogP contribution is -2.39. The van der Waals surface area contributed by atoms with Crippen LogP contribution in [0.15, 0.2) is 23.8 Å². The molecule has 11 rings (SSSR count). The van der Waals surface area contributed by atoms with Crippen molar-refractivity contribution in [3.8, 4) is 0 Å². The number of carbonyl (C=O) groups is 1. The van der Waals surface area contributed by atoms with Crippen LogP contribution >= 0.6 is 0 Å². The first-order valence-electron chi connectivity index (χ1n) is 35.5. The third-order valence-electron chi connectivity index (χ3n) is 21.6. The zero-order valence-electron chi connectivity index (χ0n) is 52.2. The summed E-state index contributed by atoms with van der Waals surface area (Å²) in [7, 11) is 0. The fraction of sp³-hybridized carbons (Fsp3) is 0.931. The molecule has 8 heteroatoms. The molecule has 0 aromatic rings. The molecule has 8 nitrogen and oxygen atoms in total. The van der Waals surface area contributed by atoms with Gasteiger partial charge in [0.15, 0.2) is 0 Å². The lowest BCUT2D eigenvalue weighted by molar-refractivity contribution is -0.124. The first-order chi connectivity index (χ1) is 39.4. The molecule has 1 N–H and O–H groups in total. The highest BCUT2D eigenvalue weighted by Crippen LogP contribution is 2.42. The van der Waals surface area contributed by atoms with Crippen LogP contribution in [0, 0.1) is 59.2 Å². The molecule has 80 heavy (non-hydrogen) atoms. The van der Waals surface area contributed by atoms with Crippen molar-refractivity contribution in [3.63, 3.8) is 0 Å². The van der Waals surface area contributed by atoms with E-state index < -0.39 is 5.60 Å². The molecule has 5 aliphatic carbocycles. The second-order valence-corrected chi connectivity index (χ2v) is 28.1. The van der Waals surface area contributed by atoms with Gasteiger partial charge in [0.05, 0.1) is 70.7 Å². The molecule has 0 spiro atoms. The highest BCUT2D eigenvalue weighted by molar-refractivity contribution is 5.81. The van der Waals surface area contributed by atoms with Gasteiger partial charge in [-0.3, -0.25) is 4.79 Å². The van der Waals surface area contributed by atoms with E-state index in [-0.39, 0.29) is 5.92 Å². The van der Waals surface area contributed by atoms with Gasteiger partial charge in [0.25, 0.3) is 0 Å². The zero-order valence-corrected chi connectivity index (χ0v) is 52.2. The van der Waals surface area contributed by atoms with Gasteiger partial charge in [-0.15, -0.1) is 0 Å². The highest BCUT2D eigenvalue weighted by Gasteiger charge is 2.49. The Bertz CT molecular complexity index is 1660. The predicted molar refractivity (Wildman–Crippen MR) is 330 cm³/mol. The van der Waals surface area contributed by atoms with Crippen LogP contribution in [0.4, 0.5) is 0 Å². The number of hydrogen-bond acceptors (Lipinski definition) is 8. The van der Waals surface area contributed by atoms with Gasteiger partial charge in [0, 0.05) is 49.2 Å². The molecule has 6 aliphatic heterocycles. The van der Waals surface area contributed by atoms with Crippen molar-refractivity contribution in [2.75, 3.05) is 66.1 Å². The molecule has 0 bridgehead atoms. The van der Waals surface area contributed by atoms with Crippen LogP contribution in [-0.2, 0) is 33.2 Å². The standard InChI is InChI=1S/C15H28O2.C15H26O.2C14H24O2.C14H24O/c1-15(16)10-8-6-4-2-3-5-7-9-13-11-17-12-14(13)15;1-13-9-7-5-3-2-4-6-8-10-14-11-16-12-15(13)14;1-2-4-6-8-13-14(16-13)12-10-15-9-11(12)7-5-3-1;15-14-9-7-5-3-1-2-4-6-8-12-10-16-11-13(12)14;1-2-4-6-8-10-14-12-15-11-13(14)9-7-5-3-1/h13-14,16H,2-12H2,1H3;9,14-15H,2-8,10-12H2,1H3;11-14H,1-10H2;12-13H,1-11H2;7,9,13-14H,1-6,8,10-12H2/b;13-9+;;;. The molecule has 11 aliphatic rings. The number of ether oxygens (including phenoxy) is 6. The van der Waals surface area contributed by atoms with Crippen LogP contribution in [0.2, 0.25) is 0 Å².